The Hall–Kier alpha value is -3.85. The Bertz CT molecular complexity index is 1490. The molecule has 2 unspecified atom stereocenters. The summed E-state index contributed by atoms with van der Waals surface area (Å²) < 4.78 is 20.6. The number of benzene rings is 1. The van der Waals surface area contributed by atoms with Gasteiger partial charge in [-0.2, -0.15) is 9.97 Å². The summed E-state index contributed by atoms with van der Waals surface area (Å²) >= 11 is 0. The van der Waals surface area contributed by atoms with E-state index in [1.54, 1.807) is 25.5 Å². The molecular formula is C25H22FN7O. The fraction of sp³-hybridized carbons (Fsp3) is 0.280. The number of nitrogens with one attached hydrogen (secondary N) is 1. The van der Waals surface area contributed by atoms with Crippen LogP contribution in [-0.2, 0) is 6.42 Å². The van der Waals surface area contributed by atoms with E-state index < -0.39 is 0 Å². The molecule has 170 valence electrons. The molecule has 1 aliphatic heterocycles. The van der Waals surface area contributed by atoms with Gasteiger partial charge in [-0.1, -0.05) is 0 Å². The highest BCUT2D eigenvalue weighted by atomic mass is 19.1. The van der Waals surface area contributed by atoms with E-state index in [1.165, 1.54) is 6.07 Å². The van der Waals surface area contributed by atoms with Crippen LogP contribution in [0.5, 0.6) is 11.8 Å². The Balaban J connectivity index is 1.34. The van der Waals surface area contributed by atoms with Gasteiger partial charge >= 0.3 is 6.01 Å². The fourth-order valence-corrected chi connectivity index (χ4v) is 5.37. The first-order valence-electron chi connectivity index (χ1n) is 11.3. The van der Waals surface area contributed by atoms with Crippen molar-refractivity contribution in [2.24, 2.45) is 11.7 Å². The molecule has 2 atom stereocenters. The van der Waals surface area contributed by atoms with Crippen molar-refractivity contribution in [1.82, 2.24) is 19.9 Å². The van der Waals surface area contributed by atoms with Crippen LogP contribution in [0.3, 0.4) is 0 Å². The van der Waals surface area contributed by atoms with E-state index in [4.69, 9.17) is 20.4 Å². The van der Waals surface area contributed by atoms with Crippen molar-refractivity contribution in [3.8, 4) is 22.9 Å². The van der Waals surface area contributed by atoms with Crippen LogP contribution in [0, 0.1) is 11.7 Å². The largest absolute Gasteiger partial charge is 0.423 e. The lowest BCUT2D eigenvalue weighted by Crippen LogP contribution is -2.34. The quantitative estimate of drug-likeness (QED) is 0.425. The number of rotatable bonds is 4. The number of pyridine rings is 2. The van der Waals surface area contributed by atoms with E-state index in [0.717, 1.165) is 57.9 Å². The van der Waals surface area contributed by atoms with E-state index in [0.29, 0.717) is 24.6 Å². The second-order valence-corrected chi connectivity index (χ2v) is 9.39. The number of fused-ring (bicyclic) bond motifs is 5. The molecule has 2 aliphatic carbocycles. The molecule has 1 saturated carbocycles. The molecule has 8 nitrogen and oxygen atoms in total. The summed E-state index contributed by atoms with van der Waals surface area (Å²) in [4.78, 5) is 20.5. The van der Waals surface area contributed by atoms with Gasteiger partial charge in [0.05, 0.1) is 22.9 Å². The van der Waals surface area contributed by atoms with Crippen LogP contribution in [0.15, 0.2) is 42.7 Å². The minimum Gasteiger partial charge on any atom is -0.423 e. The molecule has 1 saturated heterocycles. The number of hydrogen-bond donors (Lipinski definition) is 2. The average molecular weight is 455 g/mol. The number of hydrogen-bond acceptors (Lipinski definition) is 8. The maximum atomic E-state index is 14.5. The zero-order chi connectivity index (χ0) is 23.0. The molecule has 7 rings (SSSR count). The van der Waals surface area contributed by atoms with Crippen molar-refractivity contribution in [1.29, 1.82) is 0 Å². The van der Waals surface area contributed by atoms with Crippen LogP contribution in [0.2, 0.25) is 0 Å². The maximum Gasteiger partial charge on any atom is 0.324 e. The van der Waals surface area contributed by atoms with Crippen LogP contribution in [0.25, 0.3) is 22.2 Å². The van der Waals surface area contributed by atoms with E-state index in [9.17, 15) is 4.39 Å². The Morgan fingerprint density at radius 1 is 1.21 bits per heavy atom. The zero-order valence-corrected chi connectivity index (χ0v) is 18.5. The van der Waals surface area contributed by atoms with Crippen molar-refractivity contribution < 1.29 is 9.13 Å². The average Bonchev–Trinajstić information content (AvgIpc) is 3.15. The number of nitrogens with zero attached hydrogens (tertiary/aromatic N) is 5. The van der Waals surface area contributed by atoms with Crippen LogP contribution < -0.4 is 20.7 Å². The number of halogens is 1. The Morgan fingerprint density at radius 2 is 2.12 bits per heavy atom. The lowest BCUT2D eigenvalue weighted by atomic mass is 10.0. The molecular weight excluding hydrogens is 433 g/mol. The molecule has 0 radical (unpaired) electrons. The molecule has 2 fully saturated rings. The summed E-state index contributed by atoms with van der Waals surface area (Å²) in [5.74, 6) is 1.42. The molecule has 4 heterocycles. The normalized spacial score (nSPS) is 21.9. The first kappa shape index (κ1) is 19.6. The molecule has 1 aromatic carbocycles. The summed E-state index contributed by atoms with van der Waals surface area (Å²) in [6.45, 7) is 1.54. The predicted octanol–water partition coefficient (Wildman–Crippen LogP) is 3.50. The van der Waals surface area contributed by atoms with Gasteiger partial charge in [0.25, 0.3) is 0 Å². The minimum absolute atomic E-state index is 0.160. The van der Waals surface area contributed by atoms with Gasteiger partial charge in [0.2, 0.25) is 0 Å². The Labute approximate surface area is 195 Å². The van der Waals surface area contributed by atoms with Crippen molar-refractivity contribution in [3.05, 3.63) is 59.8 Å². The van der Waals surface area contributed by atoms with Crippen LogP contribution >= 0.6 is 0 Å². The number of nitrogens with two attached hydrogens (primary N) is 1. The second-order valence-electron chi connectivity index (χ2n) is 9.39. The van der Waals surface area contributed by atoms with Gasteiger partial charge in [-0.25, -0.2) is 4.39 Å². The van der Waals surface area contributed by atoms with Crippen molar-refractivity contribution >= 4 is 22.5 Å². The second kappa shape index (κ2) is 6.83. The van der Waals surface area contributed by atoms with E-state index in [2.05, 4.69) is 20.2 Å². The third-order valence-electron chi connectivity index (χ3n) is 7.18. The molecule has 3 N–H and O–H groups in total. The smallest absolute Gasteiger partial charge is 0.324 e. The lowest BCUT2D eigenvalue weighted by Gasteiger charge is -2.23. The van der Waals surface area contributed by atoms with Gasteiger partial charge in [0, 0.05) is 55.6 Å². The zero-order valence-electron chi connectivity index (χ0n) is 18.5. The molecule has 0 spiro atoms. The van der Waals surface area contributed by atoms with Gasteiger partial charge in [-0.15, -0.1) is 0 Å². The van der Waals surface area contributed by atoms with Crippen molar-refractivity contribution in [2.75, 3.05) is 30.4 Å². The standard InChI is InChI=1S/C25H22FN7O/c1-28-19-6-14(26)5-17-16(19)8-21-22(17)23(33-11-13-9-25(13,27)12-33)32-24(31-21)34-15-7-20-18(30-10-15)3-2-4-29-20/h2-7,10,13,28H,8-9,11-12,27H2,1H3. The third-order valence-corrected chi connectivity index (χ3v) is 7.18. The monoisotopic (exact) mass is 455 g/mol. The van der Waals surface area contributed by atoms with Crippen molar-refractivity contribution in [3.63, 3.8) is 0 Å². The summed E-state index contributed by atoms with van der Waals surface area (Å²) in [5, 5.41) is 3.12. The highest BCUT2D eigenvalue weighted by Crippen LogP contribution is 2.52. The fourth-order valence-electron chi connectivity index (χ4n) is 5.37. The van der Waals surface area contributed by atoms with E-state index in [-0.39, 0.29) is 17.4 Å². The molecule has 0 bridgehead atoms. The maximum absolute atomic E-state index is 14.5. The molecule has 34 heavy (non-hydrogen) atoms. The Morgan fingerprint density at radius 3 is 2.94 bits per heavy atom. The number of anilines is 2. The Kier molecular flexibility index (Phi) is 3.94. The van der Waals surface area contributed by atoms with Gasteiger partial charge in [-0.3, -0.25) is 9.97 Å². The number of aromatic nitrogens is 4. The molecule has 9 heteroatoms. The first-order chi connectivity index (χ1) is 16.5. The third kappa shape index (κ3) is 2.93. The summed E-state index contributed by atoms with van der Waals surface area (Å²) in [5.41, 5.74) is 12.1. The van der Waals surface area contributed by atoms with Crippen LogP contribution in [-0.4, -0.2) is 45.6 Å². The van der Waals surface area contributed by atoms with Crippen molar-refractivity contribution in [2.45, 2.75) is 18.4 Å². The van der Waals surface area contributed by atoms with E-state index >= 15 is 0 Å². The summed E-state index contributed by atoms with van der Waals surface area (Å²) in [6, 6.07) is 8.88. The molecule has 0 amide bonds. The molecule has 3 aliphatic rings. The van der Waals surface area contributed by atoms with Gasteiger partial charge in [-0.05, 0) is 47.7 Å². The molecule has 3 aromatic heterocycles. The number of ether oxygens (including phenoxy) is 1. The minimum atomic E-state index is -0.295. The predicted molar refractivity (Wildman–Crippen MR) is 127 cm³/mol. The highest BCUT2D eigenvalue weighted by molar-refractivity contribution is 5.88. The van der Waals surface area contributed by atoms with E-state index in [1.807, 2.05) is 18.2 Å². The molecule has 4 aromatic rings. The highest BCUT2D eigenvalue weighted by Gasteiger charge is 2.58. The van der Waals surface area contributed by atoms with Gasteiger partial charge in [0.15, 0.2) is 5.75 Å². The SMILES string of the molecule is CNc1cc(F)cc2c1Cc1nc(Oc3cnc4cccnc4c3)nc(N3CC4CC4(N)C3)c1-2. The number of piperidine rings is 1. The topological polar surface area (TPSA) is 102 Å². The summed E-state index contributed by atoms with van der Waals surface area (Å²) in [6.07, 6.45) is 4.96. The van der Waals surface area contributed by atoms with Gasteiger partial charge in [0.1, 0.15) is 11.6 Å². The first-order valence-corrected chi connectivity index (χ1v) is 11.3. The van der Waals surface area contributed by atoms with Crippen LogP contribution in [0.4, 0.5) is 15.9 Å². The summed E-state index contributed by atoms with van der Waals surface area (Å²) in [7, 11) is 1.80. The lowest BCUT2D eigenvalue weighted by molar-refractivity contribution is 0.439. The van der Waals surface area contributed by atoms with Gasteiger partial charge < -0.3 is 20.7 Å². The van der Waals surface area contributed by atoms with Crippen LogP contribution in [0.1, 0.15) is 17.7 Å².